The zero-order valence-electron chi connectivity index (χ0n) is 21.3. The van der Waals surface area contributed by atoms with Crippen LogP contribution in [0, 0.1) is 5.82 Å². The molecule has 1 aliphatic heterocycles. The number of sulfonamides is 1. The number of amides is 2. The number of benzene rings is 2. The van der Waals surface area contributed by atoms with E-state index in [-0.39, 0.29) is 18.9 Å². The van der Waals surface area contributed by atoms with Crippen molar-refractivity contribution in [2.45, 2.75) is 19.0 Å². The number of nitrogens with one attached hydrogen (secondary N) is 1. The Morgan fingerprint density at radius 2 is 1.70 bits per heavy atom. The van der Waals surface area contributed by atoms with Crippen LogP contribution in [0.1, 0.15) is 11.1 Å². The number of rotatable bonds is 12. The van der Waals surface area contributed by atoms with E-state index in [0.29, 0.717) is 31.9 Å². The summed E-state index contributed by atoms with van der Waals surface area (Å²) < 4.78 is 43.8. The summed E-state index contributed by atoms with van der Waals surface area (Å²) in [6, 6.07) is 14.1. The summed E-state index contributed by atoms with van der Waals surface area (Å²) in [5, 5.41) is 2.96. The van der Waals surface area contributed by atoms with Gasteiger partial charge in [0.25, 0.3) is 0 Å². The largest absolute Gasteiger partial charge is 0.379 e. The Balaban J connectivity index is 1.85. The third kappa shape index (κ3) is 9.19. The third-order valence-electron chi connectivity index (χ3n) is 6.29. The van der Waals surface area contributed by atoms with Crippen LogP contribution in [0.3, 0.4) is 0 Å². The molecule has 1 aliphatic rings. The zero-order valence-corrected chi connectivity index (χ0v) is 22.1. The second-order valence-corrected chi connectivity index (χ2v) is 11.2. The van der Waals surface area contributed by atoms with Gasteiger partial charge in [0.05, 0.1) is 26.0 Å². The number of hydrogen-bond donors (Lipinski definition) is 1. The minimum absolute atomic E-state index is 0.0189. The minimum Gasteiger partial charge on any atom is -0.379 e. The summed E-state index contributed by atoms with van der Waals surface area (Å²) in [6.07, 6.45) is 1.25. The Morgan fingerprint density at radius 3 is 2.32 bits per heavy atom. The van der Waals surface area contributed by atoms with Gasteiger partial charge in [-0.15, -0.1) is 0 Å². The summed E-state index contributed by atoms with van der Waals surface area (Å²) >= 11 is 0. The van der Waals surface area contributed by atoms with Crippen molar-refractivity contribution < 1.29 is 27.1 Å². The molecule has 0 saturated carbocycles. The first-order valence-electron chi connectivity index (χ1n) is 12.2. The van der Waals surface area contributed by atoms with Gasteiger partial charge in [0, 0.05) is 46.2 Å². The van der Waals surface area contributed by atoms with Crippen LogP contribution >= 0.6 is 0 Å². The van der Waals surface area contributed by atoms with E-state index in [0.717, 1.165) is 29.2 Å². The van der Waals surface area contributed by atoms with Crippen molar-refractivity contribution in [3.8, 4) is 0 Å². The lowest BCUT2D eigenvalue weighted by Gasteiger charge is -2.33. The van der Waals surface area contributed by atoms with Gasteiger partial charge in [-0.05, 0) is 23.3 Å². The number of ether oxygens (including phenoxy) is 1. The SMILES string of the molecule is CN(CC(=O)N(Cc1ccc(F)cc1)C(Cc1ccccc1)C(=O)NCCN1CCOCC1)S(C)(=O)=O. The van der Waals surface area contributed by atoms with Gasteiger partial charge in [-0.1, -0.05) is 42.5 Å². The average Bonchev–Trinajstić information content (AvgIpc) is 2.87. The highest BCUT2D eigenvalue weighted by atomic mass is 32.2. The number of carbonyl (C=O) groups is 2. The van der Waals surface area contributed by atoms with Gasteiger partial charge < -0.3 is 15.0 Å². The molecule has 0 radical (unpaired) electrons. The molecule has 2 aromatic carbocycles. The molecule has 1 unspecified atom stereocenters. The number of hydrogen-bond acceptors (Lipinski definition) is 6. The topological polar surface area (TPSA) is 99.3 Å². The van der Waals surface area contributed by atoms with Gasteiger partial charge in [-0.3, -0.25) is 14.5 Å². The van der Waals surface area contributed by atoms with Gasteiger partial charge in [0.15, 0.2) is 0 Å². The first-order valence-corrected chi connectivity index (χ1v) is 14.1. The molecule has 0 aromatic heterocycles. The fourth-order valence-electron chi connectivity index (χ4n) is 4.02. The molecular formula is C26H35FN4O5S. The molecule has 1 heterocycles. The van der Waals surface area contributed by atoms with Crippen molar-refractivity contribution in [1.82, 2.24) is 19.4 Å². The molecule has 2 amide bonds. The minimum atomic E-state index is -3.62. The first kappa shape index (κ1) is 28.7. The van der Waals surface area contributed by atoms with Crippen molar-refractivity contribution in [2.24, 2.45) is 0 Å². The third-order valence-corrected chi connectivity index (χ3v) is 7.55. The number of carbonyl (C=O) groups excluding carboxylic acids is 2. The first-order chi connectivity index (χ1) is 17.6. The molecule has 0 bridgehead atoms. The fraction of sp³-hybridized carbons (Fsp3) is 0.462. The number of morpholine rings is 1. The van der Waals surface area contributed by atoms with Crippen LogP contribution in [0.4, 0.5) is 4.39 Å². The fourth-order valence-corrected chi connectivity index (χ4v) is 4.36. The Labute approximate surface area is 218 Å². The summed E-state index contributed by atoms with van der Waals surface area (Å²) in [5.41, 5.74) is 1.47. The second-order valence-electron chi connectivity index (χ2n) is 9.12. The highest BCUT2D eigenvalue weighted by Crippen LogP contribution is 2.16. The molecule has 1 N–H and O–H groups in total. The summed E-state index contributed by atoms with van der Waals surface area (Å²) in [4.78, 5) is 30.6. The van der Waals surface area contributed by atoms with Crippen LogP contribution in [0.15, 0.2) is 54.6 Å². The molecule has 202 valence electrons. The van der Waals surface area contributed by atoms with Gasteiger partial charge in [0.2, 0.25) is 21.8 Å². The summed E-state index contributed by atoms with van der Waals surface area (Å²) in [6.45, 7) is 3.52. The number of nitrogens with zero attached hydrogens (tertiary/aromatic N) is 3. The van der Waals surface area contributed by atoms with E-state index in [4.69, 9.17) is 4.74 Å². The lowest BCUT2D eigenvalue weighted by molar-refractivity contribution is -0.141. The molecule has 9 nitrogen and oxygen atoms in total. The predicted molar refractivity (Wildman–Crippen MR) is 139 cm³/mol. The maximum atomic E-state index is 13.5. The van der Waals surface area contributed by atoms with E-state index in [2.05, 4.69) is 10.2 Å². The Bertz CT molecular complexity index is 1130. The van der Waals surface area contributed by atoms with Crippen LogP contribution in [0.5, 0.6) is 0 Å². The molecule has 37 heavy (non-hydrogen) atoms. The molecule has 1 atom stereocenters. The lowest BCUT2D eigenvalue weighted by Crippen LogP contribution is -2.53. The molecule has 0 aliphatic carbocycles. The van der Waals surface area contributed by atoms with Crippen LogP contribution in [-0.4, -0.2) is 99.6 Å². The molecule has 3 rings (SSSR count). The monoisotopic (exact) mass is 534 g/mol. The Kier molecular flexibility index (Phi) is 10.6. The maximum Gasteiger partial charge on any atom is 0.243 e. The second kappa shape index (κ2) is 13.6. The average molecular weight is 535 g/mol. The summed E-state index contributed by atoms with van der Waals surface area (Å²) in [5.74, 6) is -1.28. The van der Waals surface area contributed by atoms with Crippen molar-refractivity contribution in [3.05, 3.63) is 71.5 Å². The maximum absolute atomic E-state index is 13.5. The van der Waals surface area contributed by atoms with Crippen LogP contribution in [0.25, 0.3) is 0 Å². The number of halogens is 1. The Morgan fingerprint density at radius 1 is 1.05 bits per heavy atom. The van der Waals surface area contributed by atoms with Crippen molar-refractivity contribution >= 4 is 21.8 Å². The van der Waals surface area contributed by atoms with Gasteiger partial charge >= 0.3 is 0 Å². The summed E-state index contributed by atoms with van der Waals surface area (Å²) in [7, 11) is -2.30. The van der Waals surface area contributed by atoms with Crippen molar-refractivity contribution in [3.63, 3.8) is 0 Å². The normalized spacial score (nSPS) is 15.4. The highest BCUT2D eigenvalue weighted by molar-refractivity contribution is 7.88. The standard InChI is InChI=1S/C26H35FN4O5S/c1-29(37(2,34)35)20-25(32)31(19-22-8-10-23(27)11-9-22)24(18-21-6-4-3-5-7-21)26(33)28-12-13-30-14-16-36-17-15-30/h3-11,24H,12-20H2,1-2H3,(H,28,33). The smallest absolute Gasteiger partial charge is 0.243 e. The predicted octanol–water partition coefficient (Wildman–Crippen LogP) is 1.11. The Hall–Kier alpha value is -2.86. The number of likely N-dealkylation sites (N-methyl/N-ethyl adjacent to an activating group) is 1. The van der Waals surface area contributed by atoms with Crippen molar-refractivity contribution in [1.29, 1.82) is 0 Å². The zero-order chi connectivity index (χ0) is 26.8. The van der Waals surface area contributed by atoms with Gasteiger partial charge in [-0.2, -0.15) is 4.31 Å². The van der Waals surface area contributed by atoms with E-state index in [9.17, 15) is 22.4 Å². The van der Waals surface area contributed by atoms with Gasteiger partial charge in [0.1, 0.15) is 11.9 Å². The van der Waals surface area contributed by atoms with E-state index >= 15 is 0 Å². The van der Waals surface area contributed by atoms with E-state index in [1.807, 2.05) is 30.3 Å². The van der Waals surface area contributed by atoms with E-state index in [1.165, 1.54) is 24.1 Å². The van der Waals surface area contributed by atoms with Gasteiger partial charge in [-0.25, -0.2) is 12.8 Å². The lowest BCUT2D eigenvalue weighted by atomic mass is 10.0. The molecular weight excluding hydrogens is 499 g/mol. The molecule has 1 fully saturated rings. The molecule has 1 saturated heterocycles. The van der Waals surface area contributed by atoms with Crippen LogP contribution in [0.2, 0.25) is 0 Å². The van der Waals surface area contributed by atoms with E-state index in [1.54, 1.807) is 12.1 Å². The van der Waals surface area contributed by atoms with Crippen LogP contribution < -0.4 is 5.32 Å². The quantitative estimate of drug-likeness (QED) is 0.438. The molecule has 2 aromatic rings. The highest BCUT2D eigenvalue weighted by Gasteiger charge is 2.32. The molecule has 11 heteroatoms. The van der Waals surface area contributed by atoms with E-state index < -0.39 is 34.3 Å². The molecule has 0 spiro atoms. The van der Waals surface area contributed by atoms with Crippen molar-refractivity contribution in [2.75, 3.05) is 59.2 Å². The van der Waals surface area contributed by atoms with Crippen LogP contribution in [-0.2, 0) is 37.3 Å².